The highest BCUT2D eigenvalue weighted by Crippen LogP contribution is 2.13. The number of aliphatic carboxylic acids is 1. The van der Waals surface area contributed by atoms with Crippen molar-refractivity contribution in [2.24, 2.45) is 5.73 Å². The zero-order valence-corrected chi connectivity index (χ0v) is 17.9. The van der Waals surface area contributed by atoms with E-state index < -0.39 is 45.8 Å². The minimum absolute atomic E-state index is 0.0276. The van der Waals surface area contributed by atoms with Gasteiger partial charge in [0.25, 0.3) is 0 Å². The Morgan fingerprint density at radius 3 is 2.12 bits per heavy atom. The summed E-state index contributed by atoms with van der Waals surface area (Å²) < 4.78 is 25.0. The molecular weight excluding hydrogens is 436 g/mol. The monoisotopic (exact) mass is 460 g/mol. The fraction of sp³-hybridized carbons (Fsp3) is 0.238. The second-order valence-electron chi connectivity index (χ2n) is 7.00. The van der Waals surface area contributed by atoms with E-state index in [1.165, 1.54) is 12.1 Å². The molecule has 0 spiro atoms. The van der Waals surface area contributed by atoms with Gasteiger partial charge in [-0.3, -0.25) is 19.8 Å². The van der Waals surface area contributed by atoms with Gasteiger partial charge < -0.3 is 21.5 Å². The number of benzene rings is 2. The number of sulfone groups is 1. The summed E-state index contributed by atoms with van der Waals surface area (Å²) in [7, 11) is -3.81. The van der Waals surface area contributed by atoms with E-state index in [1.807, 2.05) is 0 Å². The molecule has 0 aliphatic heterocycles. The van der Waals surface area contributed by atoms with Crippen LogP contribution in [0.4, 0.5) is 5.69 Å². The molecule has 0 aromatic heterocycles. The summed E-state index contributed by atoms with van der Waals surface area (Å²) in [4.78, 5) is 35.4. The van der Waals surface area contributed by atoms with Gasteiger partial charge in [-0.1, -0.05) is 18.2 Å². The summed E-state index contributed by atoms with van der Waals surface area (Å²) in [6.45, 7) is 0. The van der Waals surface area contributed by atoms with Crippen LogP contribution in [0.25, 0.3) is 0 Å². The minimum Gasteiger partial charge on any atom is -0.481 e. The summed E-state index contributed by atoms with van der Waals surface area (Å²) in [5, 5.41) is 21.4. The average Bonchev–Trinajstić information content (AvgIpc) is 2.72. The summed E-state index contributed by atoms with van der Waals surface area (Å²) in [5.74, 6) is -3.04. The highest BCUT2D eigenvalue weighted by molar-refractivity contribution is 7.91. The zero-order chi connectivity index (χ0) is 23.7. The predicted octanol–water partition coefficient (Wildman–Crippen LogP) is 1.12. The van der Waals surface area contributed by atoms with E-state index in [2.05, 4.69) is 10.6 Å². The van der Waals surface area contributed by atoms with Crippen molar-refractivity contribution >= 4 is 39.1 Å². The number of nitrogens with one attached hydrogen (secondary N) is 3. The van der Waals surface area contributed by atoms with Crippen LogP contribution >= 0.6 is 0 Å². The Kier molecular flexibility index (Phi) is 8.47. The smallest absolute Gasteiger partial charge is 0.305 e. The van der Waals surface area contributed by atoms with Crippen LogP contribution in [-0.4, -0.2) is 48.9 Å². The number of carbonyl (C=O) groups is 3. The van der Waals surface area contributed by atoms with Crippen molar-refractivity contribution in [3.8, 4) is 0 Å². The molecule has 0 saturated heterocycles. The maximum atomic E-state index is 12.5. The lowest BCUT2D eigenvalue weighted by Crippen LogP contribution is -2.41. The van der Waals surface area contributed by atoms with Gasteiger partial charge in [-0.2, -0.15) is 0 Å². The molecule has 32 heavy (non-hydrogen) atoms. The van der Waals surface area contributed by atoms with E-state index >= 15 is 0 Å². The number of carbonyl (C=O) groups excluding carboxylic acids is 2. The van der Waals surface area contributed by atoms with Crippen molar-refractivity contribution < 1.29 is 27.9 Å². The van der Waals surface area contributed by atoms with Gasteiger partial charge in [0.2, 0.25) is 11.8 Å². The number of nitrogen functional groups attached to an aromatic ring is 1. The Balaban J connectivity index is 1.91. The molecule has 1 atom stereocenters. The Hall–Kier alpha value is -3.73. The molecule has 6 N–H and O–H groups in total. The first-order chi connectivity index (χ1) is 15.1. The Morgan fingerprint density at radius 1 is 0.969 bits per heavy atom. The van der Waals surface area contributed by atoms with E-state index in [0.29, 0.717) is 11.3 Å². The molecule has 0 fully saturated rings. The number of carboxylic acids is 1. The molecule has 2 rings (SSSR count). The van der Waals surface area contributed by atoms with Gasteiger partial charge in [-0.15, -0.1) is 0 Å². The van der Waals surface area contributed by atoms with Crippen molar-refractivity contribution in [3.63, 3.8) is 0 Å². The molecule has 170 valence electrons. The molecule has 2 aromatic carbocycles. The van der Waals surface area contributed by atoms with Gasteiger partial charge >= 0.3 is 5.97 Å². The first-order valence-corrected chi connectivity index (χ1v) is 11.3. The Morgan fingerprint density at radius 2 is 1.56 bits per heavy atom. The van der Waals surface area contributed by atoms with Crippen molar-refractivity contribution in [3.05, 3.63) is 60.2 Å². The van der Waals surface area contributed by atoms with Crippen LogP contribution in [0.5, 0.6) is 0 Å². The van der Waals surface area contributed by atoms with Crippen LogP contribution < -0.4 is 16.4 Å². The van der Waals surface area contributed by atoms with Crippen LogP contribution in [0, 0.1) is 5.41 Å². The van der Waals surface area contributed by atoms with Gasteiger partial charge in [0, 0.05) is 24.1 Å². The predicted molar refractivity (Wildman–Crippen MR) is 118 cm³/mol. The second kappa shape index (κ2) is 11.0. The third kappa shape index (κ3) is 7.84. The number of hydrogen-bond donors (Lipinski definition) is 5. The lowest BCUT2D eigenvalue weighted by molar-refractivity contribution is -0.137. The molecule has 2 amide bonds. The maximum Gasteiger partial charge on any atom is 0.305 e. The van der Waals surface area contributed by atoms with Crippen molar-refractivity contribution in [2.75, 3.05) is 11.1 Å². The van der Waals surface area contributed by atoms with Crippen LogP contribution in [0.2, 0.25) is 0 Å². The Labute approximate surface area is 185 Å². The fourth-order valence-electron chi connectivity index (χ4n) is 2.83. The lowest BCUT2D eigenvalue weighted by Gasteiger charge is -2.17. The third-order valence-corrected chi connectivity index (χ3v) is 6.20. The SMILES string of the molecule is N=C(N)c1ccc(NC(=O)CCC(=O)NC(CC(=O)O)CS(=O)(=O)c2ccccc2)cc1. The van der Waals surface area contributed by atoms with Crippen molar-refractivity contribution in [1.29, 1.82) is 5.41 Å². The van der Waals surface area contributed by atoms with Crippen molar-refractivity contribution in [1.82, 2.24) is 5.32 Å². The van der Waals surface area contributed by atoms with Gasteiger partial charge in [0.15, 0.2) is 9.84 Å². The van der Waals surface area contributed by atoms with Crippen molar-refractivity contribution in [2.45, 2.75) is 30.2 Å². The molecule has 0 saturated carbocycles. The topological polar surface area (TPSA) is 180 Å². The van der Waals surface area contributed by atoms with Crippen LogP contribution in [0.1, 0.15) is 24.8 Å². The fourth-order valence-corrected chi connectivity index (χ4v) is 4.33. The number of nitrogens with two attached hydrogens (primary N) is 1. The van der Waals surface area contributed by atoms with Gasteiger partial charge in [0.05, 0.1) is 23.1 Å². The molecule has 0 bridgehead atoms. The molecule has 11 heteroatoms. The molecule has 2 aromatic rings. The first kappa shape index (κ1) is 24.5. The van der Waals surface area contributed by atoms with Crippen LogP contribution in [0.3, 0.4) is 0 Å². The first-order valence-electron chi connectivity index (χ1n) is 9.60. The number of amides is 2. The number of amidine groups is 1. The third-order valence-electron chi connectivity index (χ3n) is 4.37. The highest BCUT2D eigenvalue weighted by Gasteiger charge is 2.25. The standard InChI is InChI=1S/C21H24N4O6S/c22-21(23)14-6-8-15(9-7-14)24-18(26)10-11-19(27)25-16(12-20(28)29)13-32(30,31)17-4-2-1-3-5-17/h1-9,16H,10-13H2,(H3,22,23)(H,24,26)(H,25,27)(H,28,29). The zero-order valence-electron chi connectivity index (χ0n) is 17.1. The number of rotatable bonds is 11. The second-order valence-corrected chi connectivity index (χ2v) is 9.03. The Bertz CT molecular complexity index is 1090. The number of hydrogen-bond acceptors (Lipinski definition) is 6. The van der Waals surface area contributed by atoms with Crippen LogP contribution in [0.15, 0.2) is 59.5 Å². The van der Waals surface area contributed by atoms with E-state index in [9.17, 15) is 22.8 Å². The van der Waals surface area contributed by atoms with Gasteiger partial charge in [-0.25, -0.2) is 8.42 Å². The maximum absolute atomic E-state index is 12.5. The van der Waals surface area contributed by atoms with E-state index in [4.69, 9.17) is 16.2 Å². The quantitative estimate of drug-likeness (QED) is 0.246. The van der Waals surface area contributed by atoms with Crippen LogP contribution in [-0.2, 0) is 24.2 Å². The largest absolute Gasteiger partial charge is 0.481 e. The van der Waals surface area contributed by atoms with Gasteiger partial charge in [-0.05, 0) is 36.4 Å². The number of anilines is 1. The molecule has 1 unspecified atom stereocenters. The summed E-state index contributed by atoms with van der Waals surface area (Å²) in [5.41, 5.74) is 6.32. The molecule has 0 aliphatic carbocycles. The summed E-state index contributed by atoms with van der Waals surface area (Å²) >= 11 is 0. The molecule has 0 aliphatic rings. The molecule has 0 radical (unpaired) electrons. The number of carboxylic acid groups (broad SMARTS) is 1. The van der Waals surface area contributed by atoms with E-state index in [1.54, 1.807) is 42.5 Å². The van der Waals surface area contributed by atoms with E-state index in [-0.39, 0.29) is 23.6 Å². The lowest BCUT2D eigenvalue weighted by atomic mass is 10.2. The highest BCUT2D eigenvalue weighted by atomic mass is 32.2. The average molecular weight is 461 g/mol. The normalized spacial score (nSPS) is 11.9. The summed E-state index contributed by atoms with van der Waals surface area (Å²) in [6, 6.07) is 12.6. The summed E-state index contributed by atoms with van der Waals surface area (Å²) in [6.07, 6.45) is -1.02. The molecular formula is C21H24N4O6S. The van der Waals surface area contributed by atoms with E-state index in [0.717, 1.165) is 0 Å². The van der Waals surface area contributed by atoms with Gasteiger partial charge in [0.1, 0.15) is 5.84 Å². The molecule has 0 heterocycles. The molecule has 10 nitrogen and oxygen atoms in total. The minimum atomic E-state index is -3.81.